The van der Waals surface area contributed by atoms with Crippen molar-refractivity contribution >= 4 is 23.4 Å². The van der Waals surface area contributed by atoms with Crippen LogP contribution in [-0.2, 0) is 4.79 Å². The van der Waals surface area contributed by atoms with Crippen LogP contribution in [0.15, 0.2) is 48.8 Å². The van der Waals surface area contributed by atoms with E-state index in [1.165, 1.54) is 0 Å². The Bertz CT molecular complexity index is 942. The maximum atomic E-state index is 11.4. The van der Waals surface area contributed by atoms with Crippen LogP contribution in [0.25, 0.3) is 22.4 Å². The number of carboxylic acid groups (broad SMARTS) is 1. The summed E-state index contributed by atoms with van der Waals surface area (Å²) in [6.45, 7) is 1.60. The van der Waals surface area contributed by atoms with Crippen LogP contribution in [0.3, 0.4) is 0 Å². The lowest BCUT2D eigenvalue weighted by molar-refractivity contribution is -0.139. The Kier molecular flexibility index (Phi) is 4.79. The van der Waals surface area contributed by atoms with E-state index in [-0.39, 0.29) is 0 Å². The van der Waals surface area contributed by atoms with Crippen LogP contribution >= 0.6 is 11.6 Å². The monoisotopic (exact) mass is 383 g/mol. The number of anilines is 1. The first kappa shape index (κ1) is 17.5. The molecule has 1 aromatic carbocycles. The summed E-state index contributed by atoms with van der Waals surface area (Å²) in [4.78, 5) is 17.5. The Balaban J connectivity index is 1.80. The summed E-state index contributed by atoms with van der Waals surface area (Å²) in [5.74, 6) is -0.127. The first-order chi connectivity index (χ1) is 13.1. The molecule has 1 saturated heterocycles. The van der Waals surface area contributed by atoms with E-state index in [1.54, 1.807) is 12.4 Å². The van der Waals surface area contributed by atoms with Crippen molar-refractivity contribution in [1.82, 2.24) is 20.5 Å². The van der Waals surface area contributed by atoms with Crippen molar-refractivity contribution in [2.45, 2.75) is 6.04 Å². The minimum absolute atomic E-state index is 0.346. The molecule has 0 bridgehead atoms. The van der Waals surface area contributed by atoms with Crippen molar-refractivity contribution in [2.24, 2.45) is 0 Å². The Morgan fingerprint density at radius 1 is 1.15 bits per heavy atom. The molecule has 1 atom stereocenters. The van der Waals surface area contributed by atoms with Crippen LogP contribution in [-0.4, -0.2) is 51.9 Å². The number of benzene rings is 1. The number of nitrogens with one attached hydrogen (secondary N) is 2. The summed E-state index contributed by atoms with van der Waals surface area (Å²) >= 11 is 6.02. The molecule has 1 fully saturated rings. The molecule has 3 heterocycles. The van der Waals surface area contributed by atoms with Gasteiger partial charge in [0.15, 0.2) is 5.82 Å². The molecule has 4 rings (SSSR count). The molecular weight excluding hydrogens is 366 g/mol. The van der Waals surface area contributed by atoms with Gasteiger partial charge in [-0.3, -0.25) is 14.9 Å². The van der Waals surface area contributed by atoms with E-state index < -0.39 is 12.0 Å². The van der Waals surface area contributed by atoms with Gasteiger partial charge in [-0.15, -0.1) is 0 Å². The largest absolute Gasteiger partial charge is 0.480 e. The quantitative estimate of drug-likeness (QED) is 0.641. The highest BCUT2D eigenvalue weighted by atomic mass is 35.5. The number of halogens is 1. The molecule has 0 spiro atoms. The lowest BCUT2D eigenvalue weighted by atomic mass is 10.0. The lowest BCUT2D eigenvalue weighted by Gasteiger charge is -2.32. The normalized spacial score (nSPS) is 17.1. The second-order valence-electron chi connectivity index (χ2n) is 6.33. The number of carboxylic acids is 1. The standard InChI is InChI=1S/C19H18ClN5O2/c20-14-3-1-13(2-4-14)17-16(12-5-7-21-8-6-12)18(24-23-17)25-10-9-22-15(11-25)19(26)27/h1-8,15,22H,9-11H2,(H,23,24)(H,26,27). The van der Waals surface area contributed by atoms with Gasteiger partial charge in [-0.05, 0) is 29.8 Å². The van der Waals surface area contributed by atoms with E-state index in [0.717, 1.165) is 28.2 Å². The SMILES string of the molecule is O=C(O)C1CN(c2n[nH]c(-c3ccc(Cl)cc3)c2-c2ccncc2)CCN1. The number of carbonyl (C=O) groups is 1. The zero-order valence-electron chi connectivity index (χ0n) is 14.4. The number of aliphatic carboxylic acids is 1. The molecule has 3 aromatic rings. The third kappa shape index (κ3) is 3.51. The van der Waals surface area contributed by atoms with Gasteiger partial charge in [-0.1, -0.05) is 23.7 Å². The van der Waals surface area contributed by atoms with Crippen molar-refractivity contribution < 1.29 is 9.90 Å². The van der Waals surface area contributed by atoms with Crippen molar-refractivity contribution in [2.75, 3.05) is 24.5 Å². The molecule has 0 amide bonds. The molecular formula is C19H18ClN5O2. The second-order valence-corrected chi connectivity index (χ2v) is 6.77. The number of hydrogen-bond acceptors (Lipinski definition) is 5. The van der Waals surface area contributed by atoms with Gasteiger partial charge in [0.2, 0.25) is 0 Å². The molecule has 3 N–H and O–H groups in total. The van der Waals surface area contributed by atoms with Crippen LogP contribution in [0.4, 0.5) is 5.82 Å². The number of pyridine rings is 1. The van der Waals surface area contributed by atoms with Gasteiger partial charge in [0, 0.05) is 42.6 Å². The van der Waals surface area contributed by atoms with Gasteiger partial charge in [0.25, 0.3) is 0 Å². The van der Waals surface area contributed by atoms with Gasteiger partial charge in [-0.2, -0.15) is 5.10 Å². The van der Waals surface area contributed by atoms with E-state index in [0.29, 0.717) is 24.7 Å². The molecule has 2 aromatic heterocycles. The average Bonchev–Trinajstić information content (AvgIpc) is 3.14. The van der Waals surface area contributed by atoms with Gasteiger partial charge < -0.3 is 15.3 Å². The van der Waals surface area contributed by atoms with Crippen LogP contribution in [0, 0.1) is 0 Å². The Morgan fingerprint density at radius 2 is 1.89 bits per heavy atom. The number of rotatable bonds is 4. The molecule has 0 aliphatic carbocycles. The van der Waals surface area contributed by atoms with E-state index in [1.807, 2.05) is 41.3 Å². The molecule has 0 radical (unpaired) electrons. The highest BCUT2D eigenvalue weighted by Gasteiger charge is 2.29. The predicted octanol–water partition coefficient (Wildman–Crippen LogP) is 2.65. The first-order valence-corrected chi connectivity index (χ1v) is 8.97. The smallest absolute Gasteiger partial charge is 0.322 e. The minimum atomic E-state index is -0.862. The third-order valence-electron chi connectivity index (χ3n) is 4.62. The summed E-state index contributed by atoms with van der Waals surface area (Å²) in [5.41, 5.74) is 3.70. The van der Waals surface area contributed by atoms with Gasteiger partial charge in [0.1, 0.15) is 6.04 Å². The Morgan fingerprint density at radius 3 is 2.59 bits per heavy atom. The first-order valence-electron chi connectivity index (χ1n) is 8.59. The number of aromatic nitrogens is 3. The summed E-state index contributed by atoms with van der Waals surface area (Å²) < 4.78 is 0. The zero-order chi connectivity index (χ0) is 18.8. The van der Waals surface area contributed by atoms with Crippen molar-refractivity contribution in [1.29, 1.82) is 0 Å². The van der Waals surface area contributed by atoms with Gasteiger partial charge in [0.05, 0.1) is 11.3 Å². The molecule has 1 unspecified atom stereocenters. The fourth-order valence-electron chi connectivity index (χ4n) is 3.29. The van der Waals surface area contributed by atoms with Crippen molar-refractivity contribution in [3.05, 3.63) is 53.8 Å². The maximum Gasteiger partial charge on any atom is 0.322 e. The third-order valence-corrected chi connectivity index (χ3v) is 4.87. The van der Waals surface area contributed by atoms with E-state index in [9.17, 15) is 9.90 Å². The number of hydrogen-bond donors (Lipinski definition) is 3. The van der Waals surface area contributed by atoms with Crippen LogP contribution in [0.2, 0.25) is 5.02 Å². The predicted molar refractivity (Wildman–Crippen MR) is 104 cm³/mol. The van der Waals surface area contributed by atoms with Gasteiger partial charge >= 0.3 is 5.97 Å². The number of aromatic amines is 1. The van der Waals surface area contributed by atoms with Crippen LogP contribution in [0.5, 0.6) is 0 Å². The maximum absolute atomic E-state index is 11.4. The Labute approximate surface area is 161 Å². The number of H-pyrrole nitrogens is 1. The fraction of sp³-hybridized carbons (Fsp3) is 0.211. The van der Waals surface area contributed by atoms with E-state index >= 15 is 0 Å². The van der Waals surface area contributed by atoms with E-state index in [2.05, 4.69) is 20.5 Å². The van der Waals surface area contributed by atoms with Crippen LogP contribution in [0.1, 0.15) is 0 Å². The molecule has 1 aliphatic rings. The summed E-state index contributed by atoms with van der Waals surface area (Å²) in [6.07, 6.45) is 3.46. The van der Waals surface area contributed by atoms with Gasteiger partial charge in [-0.25, -0.2) is 0 Å². The Hall–Kier alpha value is -2.90. The van der Waals surface area contributed by atoms with Crippen molar-refractivity contribution in [3.63, 3.8) is 0 Å². The fourth-order valence-corrected chi connectivity index (χ4v) is 3.41. The average molecular weight is 384 g/mol. The summed E-state index contributed by atoms with van der Waals surface area (Å²) in [6, 6.07) is 10.7. The second kappa shape index (κ2) is 7.38. The van der Waals surface area contributed by atoms with Crippen molar-refractivity contribution in [3.8, 4) is 22.4 Å². The molecule has 7 nitrogen and oxygen atoms in total. The number of nitrogens with zero attached hydrogens (tertiary/aromatic N) is 3. The molecule has 138 valence electrons. The highest BCUT2D eigenvalue weighted by molar-refractivity contribution is 6.30. The molecule has 1 aliphatic heterocycles. The van der Waals surface area contributed by atoms with E-state index in [4.69, 9.17) is 11.6 Å². The number of piperazine rings is 1. The highest BCUT2D eigenvalue weighted by Crippen LogP contribution is 2.38. The molecule has 8 heteroatoms. The lowest BCUT2D eigenvalue weighted by Crippen LogP contribution is -2.54. The summed E-state index contributed by atoms with van der Waals surface area (Å²) in [5, 5.41) is 20.7. The van der Waals surface area contributed by atoms with Crippen LogP contribution < -0.4 is 10.2 Å². The molecule has 0 saturated carbocycles. The summed E-state index contributed by atoms with van der Waals surface area (Å²) in [7, 11) is 0. The molecule has 27 heavy (non-hydrogen) atoms. The topological polar surface area (TPSA) is 94.1 Å². The minimum Gasteiger partial charge on any atom is -0.480 e. The zero-order valence-corrected chi connectivity index (χ0v) is 15.1.